The first-order valence-corrected chi connectivity index (χ1v) is 13.6. The van der Waals surface area contributed by atoms with Crippen molar-refractivity contribution in [2.24, 2.45) is 0 Å². The second-order valence-corrected chi connectivity index (χ2v) is 9.73. The molecular weight excluding hydrogens is 516 g/mol. The smallest absolute Gasteiger partial charge is 0.164 e. The van der Waals surface area contributed by atoms with Crippen LogP contribution in [0.2, 0.25) is 0 Å². The average molecular weight is 541 g/mol. The Morgan fingerprint density at radius 2 is 0.786 bits per heavy atom. The van der Waals surface area contributed by atoms with Crippen molar-refractivity contribution in [2.45, 2.75) is 0 Å². The third kappa shape index (κ3) is 5.29. The summed E-state index contributed by atoms with van der Waals surface area (Å²) < 4.78 is 0. The van der Waals surface area contributed by atoms with Crippen LogP contribution in [-0.2, 0) is 0 Å². The molecule has 0 saturated carbocycles. The zero-order valence-corrected chi connectivity index (χ0v) is 22.5. The van der Waals surface area contributed by atoms with Crippen LogP contribution in [-0.4, -0.2) is 29.9 Å². The molecule has 0 aliphatic rings. The highest BCUT2D eigenvalue weighted by atomic mass is 15.0. The molecule has 4 aromatic heterocycles. The lowest BCUT2D eigenvalue weighted by atomic mass is 10.0. The molecule has 0 atom stereocenters. The largest absolute Gasteiger partial charge is 0.265 e. The van der Waals surface area contributed by atoms with Gasteiger partial charge in [0.1, 0.15) is 0 Å². The molecule has 0 bridgehead atoms. The second-order valence-electron chi connectivity index (χ2n) is 9.73. The molecule has 0 fully saturated rings. The highest BCUT2D eigenvalue weighted by molar-refractivity contribution is 5.75. The molecule has 7 rings (SSSR count). The normalized spacial score (nSPS) is 10.9. The molecule has 6 nitrogen and oxygen atoms in total. The monoisotopic (exact) mass is 540 g/mol. The van der Waals surface area contributed by atoms with Gasteiger partial charge in [0.25, 0.3) is 0 Å². The Labute approximate surface area is 243 Å². The summed E-state index contributed by atoms with van der Waals surface area (Å²) in [5.41, 5.74) is 8.96. The number of rotatable bonds is 6. The van der Waals surface area contributed by atoms with E-state index in [0.29, 0.717) is 17.5 Å². The predicted octanol–water partition coefficient (Wildman–Crippen LogP) is 8.06. The van der Waals surface area contributed by atoms with Crippen molar-refractivity contribution in [1.29, 1.82) is 0 Å². The first kappa shape index (κ1) is 25.1. The van der Waals surface area contributed by atoms with Gasteiger partial charge < -0.3 is 0 Å². The van der Waals surface area contributed by atoms with Gasteiger partial charge in [0.05, 0.1) is 5.69 Å². The van der Waals surface area contributed by atoms with E-state index >= 15 is 0 Å². The van der Waals surface area contributed by atoms with Gasteiger partial charge in [0.2, 0.25) is 0 Å². The highest BCUT2D eigenvalue weighted by Crippen LogP contribution is 2.30. The summed E-state index contributed by atoms with van der Waals surface area (Å²) in [5, 5.41) is 0. The van der Waals surface area contributed by atoms with Crippen LogP contribution in [0.5, 0.6) is 0 Å². The zero-order valence-electron chi connectivity index (χ0n) is 22.5. The van der Waals surface area contributed by atoms with E-state index < -0.39 is 0 Å². The Balaban J connectivity index is 1.35. The van der Waals surface area contributed by atoms with Crippen molar-refractivity contribution in [3.63, 3.8) is 0 Å². The van der Waals surface area contributed by atoms with Crippen LogP contribution >= 0.6 is 0 Å². The van der Waals surface area contributed by atoms with E-state index in [2.05, 4.69) is 51.4 Å². The summed E-state index contributed by atoms with van der Waals surface area (Å²) >= 11 is 0. The quantitative estimate of drug-likeness (QED) is 0.212. The molecule has 0 radical (unpaired) electrons. The van der Waals surface area contributed by atoms with E-state index in [4.69, 9.17) is 15.0 Å². The lowest BCUT2D eigenvalue weighted by Gasteiger charge is -2.11. The molecule has 42 heavy (non-hydrogen) atoms. The molecule has 0 N–H and O–H groups in total. The fourth-order valence-electron chi connectivity index (χ4n) is 4.85. The Kier molecular flexibility index (Phi) is 6.76. The van der Waals surface area contributed by atoms with Crippen LogP contribution < -0.4 is 0 Å². The van der Waals surface area contributed by atoms with E-state index in [0.717, 1.165) is 50.2 Å². The SMILES string of the molecule is c1ccc(-c2ccc(-c3nc(-c4cccc(-c5ccncc5)c4)nc(-c4cccc(-c5ccncc5)c4)n3)cc2)nc1. The molecule has 3 aromatic carbocycles. The Morgan fingerprint density at radius 1 is 0.310 bits per heavy atom. The van der Waals surface area contributed by atoms with Gasteiger partial charge in [-0.15, -0.1) is 0 Å². The minimum Gasteiger partial charge on any atom is -0.265 e. The zero-order chi connectivity index (χ0) is 28.1. The molecule has 0 saturated heterocycles. The topological polar surface area (TPSA) is 77.3 Å². The maximum atomic E-state index is 4.98. The van der Waals surface area contributed by atoms with Crippen molar-refractivity contribution < 1.29 is 0 Å². The van der Waals surface area contributed by atoms with Crippen molar-refractivity contribution in [1.82, 2.24) is 29.9 Å². The molecule has 6 heteroatoms. The van der Waals surface area contributed by atoms with E-state index in [9.17, 15) is 0 Å². The molecule has 198 valence electrons. The second kappa shape index (κ2) is 11.3. The molecule has 0 spiro atoms. The molecule has 0 amide bonds. The summed E-state index contributed by atoms with van der Waals surface area (Å²) in [6, 6.07) is 38.6. The Morgan fingerprint density at radius 3 is 1.29 bits per heavy atom. The molecule has 0 aliphatic heterocycles. The lowest BCUT2D eigenvalue weighted by molar-refractivity contribution is 1.07. The lowest BCUT2D eigenvalue weighted by Crippen LogP contribution is -2.00. The van der Waals surface area contributed by atoms with Crippen molar-refractivity contribution in [2.75, 3.05) is 0 Å². The number of pyridine rings is 3. The fourth-order valence-corrected chi connectivity index (χ4v) is 4.85. The van der Waals surface area contributed by atoms with Crippen LogP contribution in [0.4, 0.5) is 0 Å². The minimum atomic E-state index is 0.603. The number of aromatic nitrogens is 6. The predicted molar refractivity (Wildman–Crippen MR) is 166 cm³/mol. The molecule has 0 aliphatic carbocycles. The van der Waals surface area contributed by atoms with Gasteiger partial charge in [-0.05, 0) is 70.8 Å². The summed E-state index contributed by atoms with van der Waals surface area (Å²) in [4.78, 5) is 27.7. The van der Waals surface area contributed by atoms with Gasteiger partial charge in [0, 0.05) is 53.2 Å². The number of benzene rings is 3. The van der Waals surface area contributed by atoms with Gasteiger partial charge in [-0.2, -0.15) is 0 Å². The maximum absolute atomic E-state index is 4.98. The third-order valence-corrected chi connectivity index (χ3v) is 7.01. The molecule has 0 unspecified atom stereocenters. The van der Waals surface area contributed by atoms with Crippen LogP contribution in [0.1, 0.15) is 0 Å². The number of hydrogen-bond donors (Lipinski definition) is 0. The summed E-state index contributed by atoms with van der Waals surface area (Å²) in [5.74, 6) is 1.81. The highest BCUT2D eigenvalue weighted by Gasteiger charge is 2.14. The number of hydrogen-bond acceptors (Lipinski definition) is 6. The van der Waals surface area contributed by atoms with E-state index in [1.807, 2.05) is 78.9 Å². The van der Waals surface area contributed by atoms with E-state index in [1.165, 1.54) is 0 Å². The van der Waals surface area contributed by atoms with Crippen molar-refractivity contribution in [3.05, 3.63) is 146 Å². The van der Waals surface area contributed by atoms with Crippen LogP contribution in [0.25, 0.3) is 67.7 Å². The van der Waals surface area contributed by atoms with Gasteiger partial charge in [0.15, 0.2) is 17.5 Å². The first-order chi connectivity index (χ1) is 20.8. The summed E-state index contributed by atoms with van der Waals surface area (Å²) in [7, 11) is 0. The van der Waals surface area contributed by atoms with E-state index in [-0.39, 0.29) is 0 Å². The number of nitrogens with zero attached hydrogens (tertiary/aromatic N) is 6. The van der Waals surface area contributed by atoms with E-state index in [1.54, 1.807) is 31.0 Å². The average Bonchev–Trinajstić information content (AvgIpc) is 3.09. The third-order valence-electron chi connectivity index (χ3n) is 7.01. The maximum Gasteiger partial charge on any atom is 0.164 e. The van der Waals surface area contributed by atoms with Gasteiger partial charge in [-0.25, -0.2) is 15.0 Å². The van der Waals surface area contributed by atoms with Gasteiger partial charge in [-0.3, -0.25) is 15.0 Å². The summed E-state index contributed by atoms with van der Waals surface area (Å²) in [6.07, 6.45) is 8.99. The van der Waals surface area contributed by atoms with Crippen LogP contribution in [0, 0.1) is 0 Å². The summed E-state index contributed by atoms with van der Waals surface area (Å²) in [6.45, 7) is 0. The first-order valence-electron chi connectivity index (χ1n) is 13.6. The molecule has 7 aromatic rings. The Bertz CT molecular complexity index is 1860. The van der Waals surface area contributed by atoms with Crippen molar-refractivity contribution in [3.8, 4) is 67.7 Å². The van der Waals surface area contributed by atoms with Gasteiger partial charge in [-0.1, -0.05) is 66.7 Å². The molecule has 4 heterocycles. The van der Waals surface area contributed by atoms with Gasteiger partial charge >= 0.3 is 0 Å². The fraction of sp³-hybridized carbons (Fsp3) is 0. The van der Waals surface area contributed by atoms with Crippen molar-refractivity contribution >= 4 is 0 Å². The van der Waals surface area contributed by atoms with Crippen LogP contribution in [0.3, 0.4) is 0 Å². The molecular formula is C36H24N6. The van der Waals surface area contributed by atoms with Crippen LogP contribution in [0.15, 0.2) is 146 Å². The minimum absolute atomic E-state index is 0.603. The standard InChI is InChI=1S/C36H24N6/c1-2-18-39-33(9-1)27-10-12-28(13-11-27)34-40-35(31-7-3-5-29(23-31)25-14-19-37-20-15-25)42-36(41-34)32-8-4-6-30(24-32)26-16-21-38-22-17-26/h1-24H. The Hall–Kier alpha value is -5.88.